The number of carboxylic acids is 1. The van der Waals surface area contributed by atoms with Gasteiger partial charge in [-0.2, -0.15) is 0 Å². The van der Waals surface area contributed by atoms with E-state index in [4.69, 9.17) is 5.11 Å². The van der Waals surface area contributed by atoms with Gasteiger partial charge in [0, 0.05) is 0 Å². The fourth-order valence-electron chi connectivity index (χ4n) is 0.983. The lowest BCUT2D eigenvalue weighted by Gasteiger charge is -2.21. The zero-order valence-corrected chi connectivity index (χ0v) is 6.79. The summed E-state index contributed by atoms with van der Waals surface area (Å²) < 4.78 is 0. The molecule has 1 N–H and O–H groups in total. The highest BCUT2D eigenvalue weighted by atomic mass is 16.4. The first-order valence-electron chi connectivity index (χ1n) is 3.64. The number of aliphatic carboxylic acids is 1. The highest BCUT2D eigenvalue weighted by Crippen LogP contribution is 2.27. The lowest BCUT2D eigenvalue weighted by atomic mass is 9.84. The van der Waals surface area contributed by atoms with Crippen LogP contribution in [0.4, 0.5) is 0 Å². The van der Waals surface area contributed by atoms with Crippen LogP contribution in [0.5, 0.6) is 0 Å². The number of rotatable bonds is 1. The Balaban J connectivity index is 2.75. The van der Waals surface area contributed by atoms with Crippen LogP contribution < -0.4 is 0 Å². The van der Waals surface area contributed by atoms with Crippen LogP contribution in [0.15, 0.2) is 23.8 Å². The molecule has 1 rings (SSSR count). The fourth-order valence-corrected chi connectivity index (χ4v) is 0.983. The van der Waals surface area contributed by atoms with Gasteiger partial charge in [-0.1, -0.05) is 32.1 Å². The van der Waals surface area contributed by atoms with Crippen molar-refractivity contribution < 1.29 is 9.90 Å². The maximum Gasteiger partial charge on any atom is 0.335 e. The first kappa shape index (κ1) is 8.05. The normalized spacial score (nSPS) is 21.1. The summed E-state index contributed by atoms with van der Waals surface area (Å²) in [5.41, 5.74) is 0.531. The van der Waals surface area contributed by atoms with Crippen molar-refractivity contribution in [1.82, 2.24) is 0 Å². The molecule has 0 bridgehead atoms. The molecule has 11 heavy (non-hydrogen) atoms. The van der Waals surface area contributed by atoms with Crippen LogP contribution in [0.2, 0.25) is 0 Å². The van der Waals surface area contributed by atoms with Crippen molar-refractivity contribution in [2.45, 2.75) is 20.3 Å². The average molecular weight is 152 g/mol. The standard InChI is InChI=1S/C9H12O2/c1-9(2)5-3-7(4-6-9)8(10)11/h3-5H,6H2,1-2H3,(H,10,11). The van der Waals surface area contributed by atoms with Crippen LogP contribution in [0.1, 0.15) is 20.3 Å². The van der Waals surface area contributed by atoms with E-state index in [9.17, 15) is 4.79 Å². The van der Waals surface area contributed by atoms with Crippen molar-refractivity contribution in [3.05, 3.63) is 23.8 Å². The summed E-state index contributed by atoms with van der Waals surface area (Å²) in [7, 11) is 0. The molecule has 0 radical (unpaired) electrons. The van der Waals surface area contributed by atoms with Crippen molar-refractivity contribution in [2.24, 2.45) is 5.41 Å². The topological polar surface area (TPSA) is 37.3 Å². The Hall–Kier alpha value is -1.05. The minimum Gasteiger partial charge on any atom is -0.478 e. The number of carboxylic acid groups (broad SMARTS) is 1. The van der Waals surface area contributed by atoms with Crippen LogP contribution in [-0.4, -0.2) is 11.1 Å². The zero-order chi connectivity index (χ0) is 8.48. The largest absolute Gasteiger partial charge is 0.478 e. The molecular formula is C9H12O2. The number of hydrogen-bond donors (Lipinski definition) is 1. The third-order valence-corrected chi connectivity index (χ3v) is 1.81. The second kappa shape index (κ2) is 2.53. The molecule has 0 saturated heterocycles. The van der Waals surface area contributed by atoms with Gasteiger partial charge in [0.25, 0.3) is 0 Å². The van der Waals surface area contributed by atoms with Crippen LogP contribution in [0, 0.1) is 5.41 Å². The van der Waals surface area contributed by atoms with Gasteiger partial charge in [-0.25, -0.2) is 4.79 Å². The maximum atomic E-state index is 10.4. The van der Waals surface area contributed by atoms with Gasteiger partial charge < -0.3 is 5.11 Å². The van der Waals surface area contributed by atoms with Crippen molar-refractivity contribution in [1.29, 1.82) is 0 Å². The summed E-state index contributed by atoms with van der Waals surface area (Å²) in [6.07, 6.45) is 6.19. The molecule has 0 aromatic rings. The molecule has 0 amide bonds. The van der Waals surface area contributed by atoms with Crippen molar-refractivity contribution in [2.75, 3.05) is 0 Å². The second-order valence-corrected chi connectivity index (χ2v) is 3.49. The summed E-state index contributed by atoms with van der Waals surface area (Å²) in [6.45, 7) is 4.16. The maximum absolute atomic E-state index is 10.4. The Bertz CT molecular complexity index is 234. The van der Waals surface area contributed by atoms with Crippen molar-refractivity contribution >= 4 is 5.97 Å². The van der Waals surface area contributed by atoms with Crippen molar-refractivity contribution in [3.63, 3.8) is 0 Å². The van der Waals surface area contributed by atoms with Gasteiger partial charge in [-0.3, -0.25) is 0 Å². The summed E-state index contributed by atoms with van der Waals surface area (Å²) in [6, 6.07) is 0. The summed E-state index contributed by atoms with van der Waals surface area (Å²) in [5.74, 6) is -0.836. The van der Waals surface area contributed by atoms with E-state index in [1.807, 2.05) is 6.08 Å². The molecule has 2 nitrogen and oxygen atoms in total. The minimum atomic E-state index is -0.836. The SMILES string of the molecule is CC1(C)C=CC(C(=O)O)=CC1. The Morgan fingerprint density at radius 3 is 2.64 bits per heavy atom. The molecule has 0 aromatic carbocycles. The number of carbonyl (C=O) groups is 1. The van der Waals surface area contributed by atoms with Crippen LogP contribution in [-0.2, 0) is 4.79 Å². The minimum absolute atomic E-state index is 0.124. The molecule has 1 aliphatic carbocycles. The van der Waals surface area contributed by atoms with Crippen LogP contribution in [0.3, 0.4) is 0 Å². The van der Waals surface area contributed by atoms with E-state index < -0.39 is 5.97 Å². The van der Waals surface area contributed by atoms with Gasteiger partial charge in [0.15, 0.2) is 0 Å². The fraction of sp³-hybridized carbons (Fsp3) is 0.444. The number of allylic oxidation sites excluding steroid dienone is 2. The van der Waals surface area contributed by atoms with E-state index >= 15 is 0 Å². The molecule has 0 aromatic heterocycles. The van der Waals surface area contributed by atoms with Gasteiger partial charge in [0.2, 0.25) is 0 Å². The lowest BCUT2D eigenvalue weighted by Crippen LogP contribution is -2.11. The summed E-state index contributed by atoms with van der Waals surface area (Å²) in [4.78, 5) is 10.4. The third-order valence-electron chi connectivity index (χ3n) is 1.81. The quantitative estimate of drug-likeness (QED) is 0.623. The first-order valence-corrected chi connectivity index (χ1v) is 3.64. The number of hydrogen-bond acceptors (Lipinski definition) is 1. The molecule has 60 valence electrons. The monoisotopic (exact) mass is 152 g/mol. The Labute approximate surface area is 66.2 Å². The molecule has 0 atom stereocenters. The third kappa shape index (κ3) is 1.93. The smallest absolute Gasteiger partial charge is 0.335 e. The summed E-state index contributed by atoms with van der Waals surface area (Å²) >= 11 is 0. The first-order chi connectivity index (χ1) is 5.01. The molecule has 0 aliphatic heterocycles. The molecule has 0 heterocycles. The summed E-state index contributed by atoms with van der Waals surface area (Å²) in [5, 5.41) is 8.59. The van der Waals surface area contributed by atoms with E-state index in [-0.39, 0.29) is 5.41 Å². The molecule has 0 fully saturated rings. The zero-order valence-electron chi connectivity index (χ0n) is 6.79. The van der Waals surface area contributed by atoms with Gasteiger partial charge in [-0.05, 0) is 11.8 Å². The molecule has 2 heteroatoms. The van der Waals surface area contributed by atoms with Crippen LogP contribution >= 0.6 is 0 Å². The van der Waals surface area contributed by atoms with Crippen molar-refractivity contribution in [3.8, 4) is 0 Å². The lowest BCUT2D eigenvalue weighted by molar-refractivity contribution is -0.132. The van der Waals surface area contributed by atoms with E-state index in [1.54, 1.807) is 12.2 Å². The Kier molecular flexibility index (Phi) is 1.85. The average Bonchev–Trinajstić information content (AvgIpc) is 1.86. The van der Waals surface area contributed by atoms with E-state index in [2.05, 4.69) is 13.8 Å². The molecule has 0 unspecified atom stereocenters. The second-order valence-electron chi connectivity index (χ2n) is 3.49. The van der Waals surface area contributed by atoms with Gasteiger partial charge in [-0.15, -0.1) is 0 Å². The molecule has 1 aliphatic rings. The van der Waals surface area contributed by atoms with Gasteiger partial charge >= 0.3 is 5.97 Å². The molecule has 0 saturated carbocycles. The van der Waals surface area contributed by atoms with Gasteiger partial charge in [0.1, 0.15) is 0 Å². The highest BCUT2D eigenvalue weighted by Gasteiger charge is 2.17. The van der Waals surface area contributed by atoms with E-state index in [0.717, 1.165) is 6.42 Å². The molecule has 0 spiro atoms. The van der Waals surface area contributed by atoms with Crippen LogP contribution in [0.25, 0.3) is 0 Å². The Morgan fingerprint density at radius 1 is 1.64 bits per heavy atom. The van der Waals surface area contributed by atoms with E-state index in [0.29, 0.717) is 5.57 Å². The Morgan fingerprint density at radius 2 is 2.27 bits per heavy atom. The molecular weight excluding hydrogens is 140 g/mol. The predicted octanol–water partition coefficient (Wildman–Crippen LogP) is 1.98. The van der Waals surface area contributed by atoms with E-state index in [1.165, 1.54) is 0 Å². The predicted molar refractivity (Wildman–Crippen MR) is 43.3 cm³/mol. The van der Waals surface area contributed by atoms with Gasteiger partial charge in [0.05, 0.1) is 5.57 Å². The highest BCUT2D eigenvalue weighted by molar-refractivity contribution is 5.90.